The number of nitrogens with zero attached hydrogens (tertiary/aromatic N) is 3. The standard InChI is InChI=1S/C8H14BrN3O/c1-5(2)8(3,13)6-7(9)10-11-12(6)4/h5,13H,1-4H3. The molecule has 1 aromatic rings. The number of halogens is 1. The number of hydrogen-bond acceptors (Lipinski definition) is 3. The van der Waals surface area contributed by atoms with Crippen molar-refractivity contribution in [3.8, 4) is 0 Å². The molecular weight excluding hydrogens is 234 g/mol. The Labute approximate surface area is 86.1 Å². The Morgan fingerprint density at radius 2 is 2.08 bits per heavy atom. The summed E-state index contributed by atoms with van der Waals surface area (Å²) >= 11 is 3.27. The average Bonchev–Trinajstić information content (AvgIpc) is 2.30. The maximum Gasteiger partial charge on any atom is 0.154 e. The molecule has 0 aliphatic rings. The Hall–Kier alpha value is -0.420. The van der Waals surface area contributed by atoms with Crippen LogP contribution in [0.3, 0.4) is 0 Å². The lowest BCUT2D eigenvalue weighted by Crippen LogP contribution is -2.31. The van der Waals surface area contributed by atoms with Crippen LogP contribution in [-0.4, -0.2) is 20.1 Å². The third kappa shape index (κ3) is 1.76. The Bertz CT molecular complexity index is 287. The average molecular weight is 248 g/mol. The first-order valence-electron chi connectivity index (χ1n) is 4.15. The Morgan fingerprint density at radius 3 is 2.38 bits per heavy atom. The van der Waals surface area contributed by atoms with Crippen molar-refractivity contribution >= 4 is 15.9 Å². The van der Waals surface area contributed by atoms with Crippen LogP contribution in [0.25, 0.3) is 0 Å². The first-order chi connectivity index (χ1) is 5.87. The van der Waals surface area contributed by atoms with Crippen molar-refractivity contribution in [2.45, 2.75) is 26.4 Å². The Balaban J connectivity index is 3.20. The topological polar surface area (TPSA) is 50.9 Å². The number of aromatic nitrogens is 3. The summed E-state index contributed by atoms with van der Waals surface area (Å²) in [5, 5.41) is 17.8. The summed E-state index contributed by atoms with van der Waals surface area (Å²) in [6.45, 7) is 5.68. The molecule has 0 fully saturated rings. The van der Waals surface area contributed by atoms with Gasteiger partial charge in [0.1, 0.15) is 11.3 Å². The van der Waals surface area contributed by atoms with Crippen LogP contribution in [0.15, 0.2) is 4.60 Å². The summed E-state index contributed by atoms with van der Waals surface area (Å²) in [5.74, 6) is 0.112. The molecule has 74 valence electrons. The summed E-state index contributed by atoms with van der Waals surface area (Å²) < 4.78 is 2.19. The van der Waals surface area contributed by atoms with Crippen LogP contribution in [0.1, 0.15) is 26.5 Å². The van der Waals surface area contributed by atoms with Crippen LogP contribution in [0.4, 0.5) is 0 Å². The molecule has 0 bridgehead atoms. The van der Waals surface area contributed by atoms with Gasteiger partial charge in [-0.05, 0) is 28.8 Å². The number of hydrogen-bond donors (Lipinski definition) is 1. The van der Waals surface area contributed by atoms with Crippen LogP contribution in [-0.2, 0) is 12.6 Å². The minimum Gasteiger partial charge on any atom is -0.383 e. The van der Waals surface area contributed by atoms with Crippen molar-refractivity contribution in [1.29, 1.82) is 0 Å². The number of aryl methyl sites for hydroxylation is 1. The number of aliphatic hydroxyl groups is 1. The molecule has 1 atom stereocenters. The first kappa shape index (κ1) is 10.7. The second-order valence-electron chi connectivity index (χ2n) is 3.65. The quantitative estimate of drug-likeness (QED) is 0.861. The fraction of sp³-hybridized carbons (Fsp3) is 0.750. The fourth-order valence-electron chi connectivity index (χ4n) is 1.14. The molecule has 0 aliphatic carbocycles. The summed E-state index contributed by atoms with van der Waals surface area (Å²) in [6, 6.07) is 0. The molecule has 13 heavy (non-hydrogen) atoms. The summed E-state index contributed by atoms with van der Waals surface area (Å²) in [6.07, 6.45) is 0. The van der Waals surface area contributed by atoms with Crippen LogP contribution in [0, 0.1) is 5.92 Å². The van der Waals surface area contributed by atoms with Gasteiger partial charge in [-0.15, -0.1) is 5.10 Å². The van der Waals surface area contributed by atoms with Gasteiger partial charge in [0, 0.05) is 7.05 Å². The van der Waals surface area contributed by atoms with E-state index in [4.69, 9.17) is 0 Å². The van der Waals surface area contributed by atoms with E-state index in [0.717, 1.165) is 0 Å². The molecule has 0 saturated heterocycles. The molecular formula is C8H14BrN3O. The lowest BCUT2D eigenvalue weighted by atomic mass is 9.89. The van der Waals surface area contributed by atoms with Gasteiger partial charge >= 0.3 is 0 Å². The monoisotopic (exact) mass is 247 g/mol. The predicted octanol–water partition coefficient (Wildman–Crippen LogP) is 1.44. The van der Waals surface area contributed by atoms with E-state index in [-0.39, 0.29) is 5.92 Å². The summed E-state index contributed by atoms with van der Waals surface area (Å²) in [5.41, 5.74) is -0.195. The molecule has 1 N–H and O–H groups in total. The molecule has 0 aromatic carbocycles. The van der Waals surface area contributed by atoms with E-state index in [9.17, 15) is 5.11 Å². The minimum atomic E-state index is -0.906. The maximum atomic E-state index is 10.2. The lowest BCUT2D eigenvalue weighted by Gasteiger charge is -2.27. The van der Waals surface area contributed by atoms with Crippen LogP contribution < -0.4 is 0 Å². The van der Waals surface area contributed by atoms with Gasteiger partial charge in [0.05, 0.1) is 0 Å². The molecule has 1 unspecified atom stereocenters. The fourth-order valence-corrected chi connectivity index (χ4v) is 1.87. The van der Waals surface area contributed by atoms with E-state index in [1.165, 1.54) is 0 Å². The van der Waals surface area contributed by atoms with Crippen molar-refractivity contribution in [2.75, 3.05) is 0 Å². The van der Waals surface area contributed by atoms with Crippen LogP contribution in [0.5, 0.6) is 0 Å². The Morgan fingerprint density at radius 1 is 1.54 bits per heavy atom. The van der Waals surface area contributed by atoms with E-state index in [1.54, 1.807) is 18.7 Å². The molecule has 1 aromatic heterocycles. The SMILES string of the molecule is CC(C)C(C)(O)c1c(Br)nnn1C. The normalized spacial score (nSPS) is 16.2. The molecule has 0 radical (unpaired) electrons. The third-order valence-electron chi connectivity index (χ3n) is 2.39. The molecule has 0 spiro atoms. The highest BCUT2D eigenvalue weighted by Crippen LogP contribution is 2.32. The molecule has 4 nitrogen and oxygen atoms in total. The first-order valence-corrected chi connectivity index (χ1v) is 4.94. The molecule has 1 rings (SSSR count). The van der Waals surface area contributed by atoms with Crippen molar-refractivity contribution in [2.24, 2.45) is 13.0 Å². The van der Waals surface area contributed by atoms with Gasteiger partial charge in [-0.2, -0.15) is 0 Å². The minimum absolute atomic E-state index is 0.112. The zero-order valence-electron chi connectivity index (χ0n) is 8.24. The smallest absolute Gasteiger partial charge is 0.154 e. The Kier molecular flexibility index (Phi) is 2.77. The van der Waals surface area contributed by atoms with Gasteiger partial charge in [0.15, 0.2) is 4.60 Å². The largest absolute Gasteiger partial charge is 0.383 e. The molecule has 1 heterocycles. The molecule has 0 amide bonds. The lowest BCUT2D eigenvalue weighted by molar-refractivity contribution is 0.000678. The predicted molar refractivity (Wildman–Crippen MR) is 53.1 cm³/mol. The summed E-state index contributed by atoms with van der Waals surface area (Å²) in [7, 11) is 1.77. The van der Waals surface area contributed by atoms with E-state index in [2.05, 4.69) is 26.2 Å². The molecule has 0 aliphatic heterocycles. The van der Waals surface area contributed by atoms with Gasteiger partial charge in [0.2, 0.25) is 0 Å². The van der Waals surface area contributed by atoms with Crippen LogP contribution >= 0.6 is 15.9 Å². The van der Waals surface area contributed by atoms with Crippen molar-refractivity contribution < 1.29 is 5.11 Å². The zero-order chi connectivity index (χ0) is 10.2. The maximum absolute atomic E-state index is 10.2. The zero-order valence-corrected chi connectivity index (χ0v) is 9.83. The van der Waals surface area contributed by atoms with Gasteiger partial charge in [-0.1, -0.05) is 19.1 Å². The van der Waals surface area contributed by atoms with Crippen molar-refractivity contribution in [3.05, 3.63) is 10.3 Å². The van der Waals surface area contributed by atoms with Gasteiger partial charge < -0.3 is 5.11 Å². The summed E-state index contributed by atoms with van der Waals surface area (Å²) in [4.78, 5) is 0. The van der Waals surface area contributed by atoms with E-state index >= 15 is 0 Å². The van der Waals surface area contributed by atoms with Gasteiger partial charge in [-0.3, -0.25) is 0 Å². The second-order valence-corrected chi connectivity index (χ2v) is 4.41. The van der Waals surface area contributed by atoms with Gasteiger partial charge in [0.25, 0.3) is 0 Å². The third-order valence-corrected chi connectivity index (χ3v) is 2.92. The second kappa shape index (κ2) is 3.38. The van der Waals surface area contributed by atoms with E-state index in [0.29, 0.717) is 10.3 Å². The highest BCUT2D eigenvalue weighted by Gasteiger charge is 2.33. The highest BCUT2D eigenvalue weighted by molar-refractivity contribution is 9.10. The van der Waals surface area contributed by atoms with Crippen molar-refractivity contribution in [3.63, 3.8) is 0 Å². The molecule has 5 heteroatoms. The van der Waals surface area contributed by atoms with Gasteiger partial charge in [-0.25, -0.2) is 4.68 Å². The van der Waals surface area contributed by atoms with Crippen molar-refractivity contribution in [1.82, 2.24) is 15.0 Å². The van der Waals surface area contributed by atoms with E-state index in [1.807, 2.05) is 13.8 Å². The highest BCUT2D eigenvalue weighted by atomic mass is 79.9. The van der Waals surface area contributed by atoms with E-state index < -0.39 is 5.60 Å². The molecule has 0 saturated carbocycles. The number of rotatable bonds is 2. The van der Waals surface area contributed by atoms with Crippen LogP contribution in [0.2, 0.25) is 0 Å².